The van der Waals surface area contributed by atoms with Crippen molar-refractivity contribution >= 4 is 18.0 Å². The maximum Gasteiger partial charge on any atom is 0.407 e. The summed E-state index contributed by atoms with van der Waals surface area (Å²) >= 11 is 0. The molecule has 0 saturated carbocycles. The van der Waals surface area contributed by atoms with Gasteiger partial charge in [-0.15, -0.1) is 0 Å². The zero-order valence-electron chi connectivity index (χ0n) is 19.4. The fourth-order valence-corrected chi connectivity index (χ4v) is 4.79. The third-order valence-electron chi connectivity index (χ3n) is 6.66. The van der Waals surface area contributed by atoms with Crippen molar-refractivity contribution in [2.75, 3.05) is 39.3 Å². The summed E-state index contributed by atoms with van der Waals surface area (Å²) in [5, 5.41) is 11.8. The zero-order valence-corrected chi connectivity index (χ0v) is 19.4. The van der Waals surface area contributed by atoms with Crippen LogP contribution in [0, 0.1) is 0 Å². The number of fused-ring (bicyclic) bond motifs is 3. The molecular formula is C26H31N3O5. The molecule has 1 aliphatic carbocycles. The van der Waals surface area contributed by atoms with Gasteiger partial charge in [-0.05, 0) is 28.7 Å². The highest BCUT2D eigenvalue weighted by Crippen LogP contribution is 2.44. The number of carboxylic acid groups (broad SMARTS) is 1. The summed E-state index contributed by atoms with van der Waals surface area (Å²) < 4.78 is 5.61. The smallest absolute Gasteiger partial charge is 0.407 e. The average Bonchev–Trinajstić information content (AvgIpc) is 3.16. The van der Waals surface area contributed by atoms with Crippen LogP contribution >= 0.6 is 0 Å². The molecule has 2 amide bonds. The van der Waals surface area contributed by atoms with Crippen molar-refractivity contribution in [2.24, 2.45) is 0 Å². The summed E-state index contributed by atoms with van der Waals surface area (Å²) in [7, 11) is 0. The molecule has 2 aromatic carbocycles. The Labute approximate surface area is 199 Å². The average molecular weight is 466 g/mol. The van der Waals surface area contributed by atoms with Crippen LogP contribution in [0.1, 0.15) is 36.8 Å². The number of hydrogen-bond donors (Lipinski definition) is 2. The summed E-state index contributed by atoms with van der Waals surface area (Å²) in [6.07, 6.45) is 0.280. The molecule has 1 fully saturated rings. The standard InChI is InChI=1S/C26H31N3O5/c1-2-18(15-24(30)29-13-11-28(12-14-29)16-25(31)32)27-26(33)34-17-23-21-9-5-3-7-19(21)20-8-4-6-10-22(20)23/h3-10,18,23H,2,11-17H2,1H3,(H,27,33)(H,31,32). The highest BCUT2D eigenvalue weighted by atomic mass is 16.5. The second-order valence-corrected chi connectivity index (χ2v) is 8.83. The Kier molecular flexibility index (Phi) is 7.47. The Bertz CT molecular complexity index is 1000. The number of aliphatic carboxylic acids is 1. The Hall–Kier alpha value is -3.39. The second-order valence-electron chi connectivity index (χ2n) is 8.83. The van der Waals surface area contributed by atoms with Gasteiger partial charge in [0.1, 0.15) is 6.61 Å². The maximum atomic E-state index is 12.7. The molecule has 180 valence electrons. The van der Waals surface area contributed by atoms with E-state index in [1.165, 1.54) is 11.1 Å². The monoisotopic (exact) mass is 465 g/mol. The van der Waals surface area contributed by atoms with Crippen LogP contribution in [0.3, 0.4) is 0 Å². The predicted octanol–water partition coefficient (Wildman–Crippen LogP) is 2.92. The maximum absolute atomic E-state index is 12.7. The van der Waals surface area contributed by atoms with E-state index in [2.05, 4.69) is 29.6 Å². The first-order chi connectivity index (χ1) is 16.5. The van der Waals surface area contributed by atoms with E-state index in [1.807, 2.05) is 36.1 Å². The SMILES string of the molecule is CCC(CC(=O)N1CCN(CC(=O)O)CC1)NC(=O)OCC1c2ccccc2-c2ccccc21. The molecule has 0 spiro atoms. The molecule has 8 heteroatoms. The first-order valence-corrected chi connectivity index (χ1v) is 11.8. The number of alkyl carbamates (subject to hydrolysis) is 1. The van der Waals surface area contributed by atoms with E-state index in [-0.39, 0.29) is 37.4 Å². The number of nitrogens with zero attached hydrogens (tertiary/aromatic N) is 2. The number of hydrogen-bond acceptors (Lipinski definition) is 5. The minimum atomic E-state index is -0.863. The lowest BCUT2D eigenvalue weighted by atomic mass is 9.98. The minimum absolute atomic E-state index is 0.0110. The minimum Gasteiger partial charge on any atom is -0.480 e. The molecule has 0 radical (unpaired) electrons. The van der Waals surface area contributed by atoms with Crippen LogP contribution in [-0.4, -0.2) is 78.2 Å². The van der Waals surface area contributed by atoms with Crippen molar-refractivity contribution in [3.05, 3.63) is 59.7 Å². The van der Waals surface area contributed by atoms with Gasteiger partial charge < -0.3 is 20.1 Å². The van der Waals surface area contributed by atoms with E-state index < -0.39 is 12.1 Å². The van der Waals surface area contributed by atoms with Gasteiger partial charge >= 0.3 is 12.1 Å². The topological polar surface area (TPSA) is 99.2 Å². The molecule has 1 saturated heterocycles. The third-order valence-corrected chi connectivity index (χ3v) is 6.66. The highest BCUT2D eigenvalue weighted by Gasteiger charge is 2.30. The molecule has 2 aliphatic rings. The van der Waals surface area contributed by atoms with Gasteiger partial charge in [-0.25, -0.2) is 4.79 Å². The number of carbonyl (C=O) groups is 3. The normalized spacial score (nSPS) is 16.4. The predicted molar refractivity (Wildman–Crippen MR) is 128 cm³/mol. The number of ether oxygens (including phenoxy) is 1. The Morgan fingerprint density at radius 3 is 2.15 bits per heavy atom. The first-order valence-electron chi connectivity index (χ1n) is 11.8. The van der Waals surface area contributed by atoms with Gasteiger partial charge in [-0.2, -0.15) is 0 Å². The lowest BCUT2D eigenvalue weighted by Gasteiger charge is -2.34. The summed E-state index contributed by atoms with van der Waals surface area (Å²) in [4.78, 5) is 39.7. The van der Waals surface area contributed by atoms with Crippen LogP contribution in [0.25, 0.3) is 11.1 Å². The van der Waals surface area contributed by atoms with Crippen molar-refractivity contribution < 1.29 is 24.2 Å². The van der Waals surface area contributed by atoms with Crippen LogP contribution in [0.4, 0.5) is 4.79 Å². The lowest BCUT2D eigenvalue weighted by molar-refractivity contribution is -0.139. The quantitative estimate of drug-likeness (QED) is 0.622. The molecule has 8 nitrogen and oxygen atoms in total. The van der Waals surface area contributed by atoms with Gasteiger partial charge in [0.15, 0.2) is 0 Å². The van der Waals surface area contributed by atoms with Gasteiger partial charge in [0, 0.05) is 44.6 Å². The third kappa shape index (κ3) is 5.39. The van der Waals surface area contributed by atoms with Crippen molar-refractivity contribution in [3.63, 3.8) is 0 Å². The van der Waals surface area contributed by atoms with Crippen LogP contribution in [-0.2, 0) is 14.3 Å². The van der Waals surface area contributed by atoms with Crippen LogP contribution in [0.15, 0.2) is 48.5 Å². The molecule has 1 aliphatic heterocycles. The molecule has 0 aromatic heterocycles. The van der Waals surface area contributed by atoms with Gasteiger partial charge in [0.2, 0.25) is 5.91 Å². The number of amides is 2. The molecule has 1 atom stereocenters. The summed E-state index contributed by atoms with van der Waals surface area (Å²) in [6, 6.07) is 16.0. The number of piperazine rings is 1. The Morgan fingerprint density at radius 2 is 1.59 bits per heavy atom. The molecule has 0 bridgehead atoms. The molecule has 4 rings (SSSR count). The van der Waals surface area contributed by atoms with Crippen molar-refractivity contribution in [1.82, 2.24) is 15.1 Å². The van der Waals surface area contributed by atoms with Crippen molar-refractivity contribution in [1.29, 1.82) is 0 Å². The molecule has 1 unspecified atom stereocenters. The van der Waals surface area contributed by atoms with Gasteiger partial charge in [0.25, 0.3) is 0 Å². The Balaban J connectivity index is 1.28. The van der Waals surface area contributed by atoms with Crippen LogP contribution < -0.4 is 5.32 Å². The number of rotatable bonds is 8. The Morgan fingerprint density at radius 1 is 1.00 bits per heavy atom. The first kappa shape index (κ1) is 23.8. The highest BCUT2D eigenvalue weighted by molar-refractivity contribution is 5.80. The van der Waals surface area contributed by atoms with E-state index in [0.29, 0.717) is 32.6 Å². The molecule has 34 heavy (non-hydrogen) atoms. The fraction of sp³-hybridized carbons (Fsp3) is 0.423. The molecule has 2 N–H and O–H groups in total. The largest absolute Gasteiger partial charge is 0.480 e. The lowest BCUT2D eigenvalue weighted by Crippen LogP contribution is -2.51. The van der Waals surface area contributed by atoms with Gasteiger partial charge in [0.05, 0.1) is 6.54 Å². The van der Waals surface area contributed by atoms with Crippen molar-refractivity contribution in [3.8, 4) is 11.1 Å². The van der Waals surface area contributed by atoms with E-state index in [9.17, 15) is 14.4 Å². The second kappa shape index (κ2) is 10.7. The van der Waals surface area contributed by atoms with Crippen LogP contribution in [0.5, 0.6) is 0 Å². The molecular weight excluding hydrogens is 434 g/mol. The van der Waals surface area contributed by atoms with E-state index >= 15 is 0 Å². The number of benzene rings is 2. The van der Waals surface area contributed by atoms with E-state index in [4.69, 9.17) is 9.84 Å². The molecule has 2 aromatic rings. The number of carbonyl (C=O) groups excluding carboxylic acids is 2. The van der Waals surface area contributed by atoms with E-state index in [1.54, 1.807) is 4.90 Å². The summed E-state index contributed by atoms with van der Waals surface area (Å²) in [5.41, 5.74) is 4.65. The number of nitrogens with one attached hydrogen (secondary N) is 1. The zero-order chi connectivity index (χ0) is 24.1. The summed E-state index contributed by atoms with van der Waals surface area (Å²) in [5.74, 6) is -0.916. The fourth-order valence-electron chi connectivity index (χ4n) is 4.79. The van der Waals surface area contributed by atoms with Crippen LogP contribution in [0.2, 0.25) is 0 Å². The number of carboxylic acids is 1. The molecule has 1 heterocycles. The van der Waals surface area contributed by atoms with E-state index in [0.717, 1.165) is 11.1 Å². The summed E-state index contributed by atoms with van der Waals surface area (Å²) in [6.45, 7) is 4.20. The van der Waals surface area contributed by atoms with Gasteiger partial charge in [-0.1, -0.05) is 55.5 Å². The van der Waals surface area contributed by atoms with Gasteiger partial charge in [-0.3, -0.25) is 14.5 Å². The van der Waals surface area contributed by atoms with Crippen molar-refractivity contribution in [2.45, 2.75) is 31.7 Å².